The second kappa shape index (κ2) is 7.51. The van der Waals surface area contributed by atoms with Crippen molar-refractivity contribution in [2.45, 2.75) is 46.0 Å². The topological polar surface area (TPSA) is 54.0 Å². The number of ether oxygens (including phenoxy) is 2. The summed E-state index contributed by atoms with van der Waals surface area (Å²) in [6.45, 7) is 10.4. The molecule has 0 saturated carbocycles. The second-order valence-electron chi connectivity index (χ2n) is 4.58. The van der Waals surface area contributed by atoms with E-state index in [1.807, 2.05) is 6.92 Å². The number of hydrogen-bond acceptors (Lipinski definition) is 5. The standard InChI is InChI=1S/C13H22O5/c1-5-10(4)11(8-12-15-6-7-16-12)17-18-13(14)9(2)3/h10-12H,2,5-8H2,1,3-4H3. The molecule has 0 aromatic carbocycles. The van der Waals surface area contributed by atoms with Crippen LogP contribution in [0.5, 0.6) is 0 Å². The maximum Gasteiger partial charge on any atom is 0.368 e. The van der Waals surface area contributed by atoms with Gasteiger partial charge in [0.25, 0.3) is 0 Å². The highest BCUT2D eigenvalue weighted by Crippen LogP contribution is 2.21. The van der Waals surface area contributed by atoms with E-state index in [1.54, 1.807) is 6.92 Å². The van der Waals surface area contributed by atoms with E-state index in [1.165, 1.54) is 0 Å². The first kappa shape index (κ1) is 15.1. The molecular formula is C13H22O5. The Morgan fingerprint density at radius 2 is 2.06 bits per heavy atom. The molecule has 2 atom stereocenters. The van der Waals surface area contributed by atoms with E-state index < -0.39 is 5.97 Å². The Morgan fingerprint density at radius 3 is 2.56 bits per heavy atom. The zero-order valence-corrected chi connectivity index (χ0v) is 11.3. The SMILES string of the molecule is C=C(C)C(=O)OOC(CC1OCCO1)C(C)CC. The van der Waals surface area contributed by atoms with Gasteiger partial charge < -0.3 is 9.47 Å². The average molecular weight is 258 g/mol. The number of carbonyl (C=O) groups excluding carboxylic acids is 1. The van der Waals surface area contributed by atoms with Crippen LogP contribution >= 0.6 is 0 Å². The third kappa shape index (κ3) is 4.76. The van der Waals surface area contributed by atoms with Crippen molar-refractivity contribution in [2.75, 3.05) is 13.2 Å². The molecule has 2 unspecified atom stereocenters. The lowest BCUT2D eigenvalue weighted by Crippen LogP contribution is -2.28. The van der Waals surface area contributed by atoms with E-state index in [-0.39, 0.29) is 18.3 Å². The molecule has 0 amide bonds. The van der Waals surface area contributed by atoms with Crippen molar-refractivity contribution < 1.29 is 24.0 Å². The van der Waals surface area contributed by atoms with Crippen molar-refractivity contribution in [3.8, 4) is 0 Å². The summed E-state index contributed by atoms with van der Waals surface area (Å²) in [5, 5.41) is 0. The molecule has 104 valence electrons. The molecule has 1 rings (SSSR count). The fraction of sp³-hybridized carbons (Fsp3) is 0.769. The van der Waals surface area contributed by atoms with Gasteiger partial charge in [-0.3, -0.25) is 4.89 Å². The van der Waals surface area contributed by atoms with Crippen LogP contribution in [0.15, 0.2) is 12.2 Å². The van der Waals surface area contributed by atoms with Crippen molar-refractivity contribution >= 4 is 5.97 Å². The van der Waals surface area contributed by atoms with Gasteiger partial charge in [0.15, 0.2) is 6.29 Å². The normalized spacial score (nSPS) is 19.5. The lowest BCUT2D eigenvalue weighted by atomic mass is 9.99. The summed E-state index contributed by atoms with van der Waals surface area (Å²) in [6.07, 6.45) is 0.967. The Morgan fingerprint density at radius 1 is 1.44 bits per heavy atom. The van der Waals surface area contributed by atoms with Crippen molar-refractivity contribution in [1.82, 2.24) is 0 Å². The van der Waals surface area contributed by atoms with Crippen LogP contribution < -0.4 is 0 Å². The molecule has 1 fully saturated rings. The molecule has 0 spiro atoms. The summed E-state index contributed by atoms with van der Waals surface area (Å²) in [4.78, 5) is 21.2. The minimum absolute atomic E-state index is 0.235. The first-order valence-electron chi connectivity index (χ1n) is 6.31. The number of rotatable bonds is 7. The molecule has 5 nitrogen and oxygen atoms in total. The molecule has 5 heteroatoms. The van der Waals surface area contributed by atoms with Crippen molar-refractivity contribution in [3.05, 3.63) is 12.2 Å². The van der Waals surface area contributed by atoms with E-state index in [0.717, 1.165) is 6.42 Å². The van der Waals surface area contributed by atoms with Crippen LogP contribution in [0.4, 0.5) is 0 Å². The van der Waals surface area contributed by atoms with Gasteiger partial charge in [0, 0.05) is 12.0 Å². The Hall–Kier alpha value is -0.910. The van der Waals surface area contributed by atoms with E-state index in [2.05, 4.69) is 13.5 Å². The maximum absolute atomic E-state index is 11.3. The van der Waals surface area contributed by atoms with Gasteiger partial charge in [-0.25, -0.2) is 4.79 Å². The first-order valence-corrected chi connectivity index (χ1v) is 6.31. The molecule has 0 radical (unpaired) electrons. The average Bonchev–Trinajstić information content (AvgIpc) is 2.85. The largest absolute Gasteiger partial charge is 0.368 e. The van der Waals surface area contributed by atoms with Gasteiger partial charge in [0.2, 0.25) is 0 Å². The summed E-state index contributed by atoms with van der Waals surface area (Å²) in [5.74, 6) is -0.299. The van der Waals surface area contributed by atoms with Gasteiger partial charge in [-0.05, 0) is 12.8 Å². The summed E-state index contributed by atoms with van der Waals surface area (Å²) in [6, 6.07) is 0. The van der Waals surface area contributed by atoms with Gasteiger partial charge in [-0.2, -0.15) is 4.89 Å². The van der Waals surface area contributed by atoms with Crippen LogP contribution in [0, 0.1) is 5.92 Å². The highest BCUT2D eigenvalue weighted by Gasteiger charge is 2.27. The van der Waals surface area contributed by atoms with E-state index in [9.17, 15) is 4.79 Å². The maximum atomic E-state index is 11.3. The van der Waals surface area contributed by atoms with E-state index >= 15 is 0 Å². The molecule has 0 aromatic heterocycles. The Bertz CT molecular complexity index is 283. The van der Waals surface area contributed by atoms with Crippen LogP contribution in [-0.4, -0.2) is 31.6 Å². The minimum atomic E-state index is -0.545. The Balaban J connectivity index is 2.44. The number of carbonyl (C=O) groups is 1. The fourth-order valence-electron chi connectivity index (χ4n) is 1.54. The molecule has 0 N–H and O–H groups in total. The van der Waals surface area contributed by atoms with E-state index in [4.69, 9.17) is 19.2 Å². The molecule has 0 bridgehead atoms. The third-order valence-corrected chi connectivity index (χ3v) is 2.99. The Kier molecular flexibility index (Phi) is 6.32. The summed E-state index contributed by atoms with van der Waals surface area (Å²) in [7, 11) is 0. The van der Waals surface area contributed by atoms with Gasteiger partial charge in [-0.15, -0.1) is 0 Å². The molecule has 1 aliphatic heterocycles. The molecule has 0 aromatic rings. The molecule has 0 aliphatic carbocycles. The van der Waals surface area contributed by atoms with Crippen LogP contribution in [0.25, 0.3) is 0 Å². The highest BCUT2D eigenvalue weighted by molar-refractivity contribution is 5.86. The van der Waals surface area contributed by atoms with Crippen LogP contribution in [0.1, 0.15) is 33.6 Å². The summed E-state index contributed by atoms with van der Waals surface area (Å²) >= 11 is 0. The lowest BCUT2D eigenvalue weighted by Gasteiger charge is -2.23. The lowest BCUT2D eigenvalue weighted by molar-refractivity contribution is -0.310. The molecule has 1 aliphatic rings. The van der Waals surface area contributed by atoms with Crippen molar-refractivity contribution in [1.29, 1.82) is 0 Å². The first-order chi connectivity index (χ1) is 8.54. The van der Waals surface area contributed by atoms with Gasteiger partial charge in [-0.1, -0.05) is 26.8 Å². The number of hydrogen-bond donors (Lipinski definition) is 0. The van der Waals surface area contributed by atoms with Crippen molar-refractivity contribution in [3.63, 3.8) is 0 Å². The van der Waals surface area contributed by atoms with Crippen LogP contribution in [0.3, 0.4) is 0 Å². The molecular weight excluding hydrogens is 236 g/mol. The van der Waals surface area contributed by atoms with Gasteiger partial charge in [0.05, 0.1) is 13.2 Å². The highest BCUT2D eigenvalue weighted by atomic mass is 17.2. The molecule has 1 heterocycles. The zero-order valence-electron chi connectivity index (χ0n) is 11.3. The summed E-state index contributed by atoms with van der Waals surface area (Å²) < 4.78 is 10.7. The van der Waals surface area contributed by atoms with Crippen LogP contribution in [-0.2, 0) is 24.0 Å². The quantitative estimate of drug-likeness (QED) is 0.398. The van der Waals surface area contributed by atoms with Crippen molar-refractivity contribution in [2.24, 2.45) is 5.92 Å². The smallest absolute Gasteiger partial charge is 0.350 e. The predicted octanol–water partition coefficient (Wildman–Crippen LogP) is 2.21. The molecule has 18 heavy (non-hydrogen) atoms. The van der Waals surface area contributed by atoms with Gasteiger partial charge in [0.1, 0.15) is 6.10 Å². The molecule has 1 saturated heterocycles. The minimum Gasteiger partial charge on any atom is -0.350 e. The van der Waals surface area contributed by atoms with E-state index in [0.29, 0.717) is 25.2 Å². The van der Waals surface area contributed by atoms with Crippen LogP contribution in [0.2, 0.25) is 0 Å². The van der Waals surface area contributed by atoms with Gasteiger partial charge >= 0.3 is 5.97 Å². The second-order valence-corrected chi connectivity index (χ2v) is 4.58. The Labute approximate surface area is 108 Å². The fourth-order valence-corrected chi connectivity index (χ4v) is 1.54. The monoisotopic (exact) mass is 258 g/mol. The third-order valence-electron chi connectivity index (χ3n) is 2.99. The summed E-state index contributed by atoms with van der Waals surface area (Å²) in [5.41, 5.74) is 0.311. The zero-order chi connectivity index (χ0) is 13.5. The predicted molar refractivity (Wildman–Crippen MR) is 65.5 cm³/mol.